The molecule has 0 saturated heterocycles. The lowest BCUT2D eigenvalue weighted by molar-refractivity contribution is -0.386. The summed E-state index contributed by atoms with van der Waals surface area (Å²) >= 11 is 6.05. The van der Waals surface area contributed by atoms with Crippen molar-refractivity contribution < 1.29 is 32.0 Å². The highest BCUT2D eigenvalue weighted by Crippen LogP contribution is 2.35. The molecule has 0 amide bonds. The smallest absolute Gasteiger partial charge is 0.431 e. The number of halogens is 5. The zero-order chi connectivity index (χ0) is 28.5. The van der Waals surface area contributed by atoms with Crippen LogP contribution >= 0.6 is 11.6 Å². The first-order chi connectivity index (χ1) is 18.4. The molecular formula is C24H15ClF4N4O6. The van der Waals surface area contributed by atoms with E-state index in [0.29, 0.717) is 11.6 Å². The number of rotatable bonds is 7. The van der Waals surface area contributed by atoms with Crippen LogP contribution in [0.3, 0.4) is 0 Å². The Balaban J connectivity index is 1.73. The van der Waals surface area contributed by atoms with Gasteiger partial charge < -0.3 is 9.47 Å². The van der Waals surface area contributed by atoms with Crippen molar-refractivity contribution in [3.8, 4) is 23.2 Å². The highest BCUT2D eigenvalue weighted by Gasteiger charge is 2.35. The molecule has 10 nitrogen and oxygen atoms in total. The third-order valence-corrected chi connectivity index (χ3v) is 5.59. The Kier molecular flexibility index (Phi) is 7.40. The van der Waals surface area contributed by atoms with Gasteiger partial charge in [0.25, 0.3) is 11.4 Å². The van der Waals surface area contributed by atoms with Gasteiger partial charge in [0.05, 0.1) is 15.6 Å². The summed E-state index contributed by atoms with van der Waals surface area (Å²) in [6.45, 7) is -0.0697. The highest BCUT2D eigenvalue weighted by atomic mass is 35.5. The van der Waals surface area contributed by atoms with E-state index in [9.17, 15) is 37.3 Å². The van der Waals surface area contributed by atoms with E-state index in [1.807, 2.05) is 0 Å². The van der Waals surface area contributed by atoms with Crippen LogP contribution in [-0.2, 0) is 19.8 Å². The van der Waals surface area contributed by atoms with Crippen molar-refractivity contribution in [1.29, 1.82) is 0 Å². The van der Waals surface area contributed by atoms with Crippen molar-refractivity contribution in [2.75, 3.05) is 0 Å². The first-order valence-electron chi connectivity index (χ1n) is 10.8. The maximum Gasteiger partial charge on any atom is 0.431 e. The lowest BCUT2D eigenvalue weighted by Crippen LogP contribution is -2.41. The molecule has 0 aliphatic carbocycles. The zero-order valence-electron chi connectivity index (χ0n) is 19.6. The Hall–Kier alpha value is -4.72. The SMILES string of the molecule is Cn1c(C(F)(F)F)cc(=O)n(-c2cc(Oc3ccc([N+](=O)[O-])c(OCc4ccccc4)n3)c(Cl)cc2F)c1=O. The predicted molar refractivity (Wildman–Crippen MR) is 129 cm³/mol. The molecule has 0 saturated carbocycles. The van der Waals surface area contributed by atoms with Crippen LogP contribution in [0.15, 0.2) is 70.3 Å². The highest BCUT2D eigenvalue weighted by molar-refractivity contribution is 6.32. The summed E-state index contributed by atoms with van der Waals surface area (Å²) in [6.07, 6.45) is -5.01. The van der Waals surface area contributed by atoms with Crippen molar-refractivity contribution >= 4 is 17.3 Å². The van der Waals surface area contributed by atoms with Crippen molar-refractivity contribution in [3.63, 3.8) is 0 Å². The van der Waals surface area contributed by atoms with E-state index in [4.69, 9.17) is 21.1 Å². The fourth-order valence-corrected chi connectivity index (χ4v) is 3.63. The number of ether oxygens (including phenoxy) is 2. The van der Waals surface area contributed by atoms with E-state index in [1.165, 1.54) is 0 Å². The van der Waals surface area contributed by atoms with Gasteiger partial charge >= 0.3 is 17.6 Å². The summed E-state index contributed by atoms with van der Waals surface area (Å²) in [5.74, 6) is -2.28. The molecule has 15 heteroatoms. The van der Waals surface area contributed by atoms with E-state index in [1.54, 1.807) is 30.3 Å². The van der Waals surface area contributed by atoms with Crippen LogP contribution in [0.2, 0.25) is 5.02 Å². The van der Waals surface area contributed by atoms with Gasteiger partial charge in [-0.05, 0) is 11.6 Å². The molecule has 0 aliphatic rings. The standard InChI is InChI=1S/C24H15ClF4N4O6/c1-31-19(24(27,28)29)11-21(34)32(23(31)35)17-10-18(14(25)9-15(17)26)39-20-8-7-16(33(36)37)22(30-20)38-12-13-5-3-2-4-6-13/h2-11H,12H2,1H3. The Labute approximate surface area is 220 Å². The van der Waals surface area contributed by atoms with Gasteiger partial charge in [-0.2, -0.15) is 18.2 Å². The number of benzene rings is 2. The maximum atomic E-state index is 14.8. The lowest BCUT2D eigenvalue weighted by Gasteiger charge is -2.15. The average molecular weight is 567 g/mol. The summed E-state index contributed by atoms with van der Waals surface area (Å²) in [5.41, 5.74) is -5.01. The topological polar surface area (TPSA) is 118 Å². The Morgan fingerprint density at radius 1 is 1.08 bits per heavy atom. The van der Waals surface area contributed by atoms with Gasteiger partial charge in [-0.3, -0.25) is 19.5 Å². The number of alkyl halides is 3. The van der Waals surface area contributed by atoms with Crippen molar-refractivity contribution in [1.82, 2.24) is 14.1 Å². The Morgan fingerprint density at radius 2 is 1.77 bits per heavy atom. The Bertz CT molecular complexity index is 1690. The summed E-state index contributed by atoms with van der Waals surface area (Å²) in [7, 11) is 0.768. The van der Waals surface area contributed by atoms with Crippen LogP contribution in [0.25, 0.3) is 5.69 Å². The first-order valence-corrected chi connectivity index (χ1v) is 11.1. The molecule has 39 heavy (non-hydrogen) atoms. The largest absolute Gasteiger partial charge is 0.468 e. The molecule has 0 spiro atoms. The molecule has 0 unspecified atom stereocenters. The lowest BCUT2D eigenvalue weighted by atomic mass is 10.2. The first kappa shape index (κ1) is 27.3. The van der Waals surface area contributed by atoms with E-state index in [0.717, 1.165) is 25.2 Å². The molecule has 0 N–H and O–H groups in total. The number of pyridine rings is 1. The molecule has 202 valence electrons. The minimum Gasteiger partial charge on any atom is -0.468 e. The van der Waals surface area contributed by atoms with Crippen LogP contribution in [0.4, 0.5) is 23.2 Å². The molecule has 2 aromatic carbocycles. The number of nitro groups is 1. The molecule has 2 heterocycles. The molecule has 0 aliphatic heterocycles. The second-order valence-electron chi connectivity index (χ2n) is 7.88. The van der Waals surface area contributed by atoms with Crippen LogP contribution < -0.4 is 20.7 Å². The van der Waals surface area contributed by atoms with Crippen LogP contribution in [0.5, 0.6) is 17.5 Å². The Morgan fingerprint density at radius 3 is 2.41 bits per heavy atom. The van der Waals surface area contributed by atoms with Crippen molar-refractivity contribution in [2.24, 2.45) is 7.05 Å². The molecule has 2 aromatic heterocycles. The zero-order valence-corrected chi connectivity index (χ0v) is 20.4. The molecule has 0 bridgehead atoms. The molecule has 0 radical (unpaired) electrons. The quantitative estimate of drug-likeness (QED) is 0.175. The number of hydrogen-bond donors (Lipinski definition) is 0. The van der Waals surface area contributed by atoms with Gasteiger partial charge in [0.1, 0.15) is 23.9 Å². The summed E-state index contributed by atoms with van der Waals surface area (Å²) in [4.78, 5) is 39.7. The third-order valence-electron chi connectivity index (χ3n) is 5.30. The summed E-state index contributed by atoms with van der Waals surface area (Å²) < 4.78 is 65.6. The minimum atomic E-state index is -5.01. The number of nitrogens with zero attached hydrogens (tertiary/aromatic N) is 4. The van der Waals surface area contributed by atoms with E-state index in [2.05, 4.69) is 4.98 Å². The van der Waals surface area contributed by atoms with E-state index >= 15 is 0 Å². The maximum absolute atomic E-state index is 14.8. The molecule has 0 fully saturated rings. The number of hydrogen-bond acceptors (Lipinski definition) is 7. The van der Waals surface area contributed by atoms with Crippen LogP contribution in [0, 0.1) is 15.9 Å². The van der Waals surface area contributed by atoms with Crippen molar-refractivity contribution in [3.05, 3.63) is 114 Å². The normalized spacial score (nSPS) is 11.3. The van der Waals surface area contributed by atoms with Gasteiger partial charge in [-0.1, -0.05) is 41.9 Å². The van der Waals surface area contributed by atoms with Crippen LogP contribution in [0.1, 0.15) is 11.3 Å². The molecular weight excluding hydrogens is 552 g/mol. The van der Waals surface area contributed by atoms with Gasteiger partial charge in [-0.15, -0.1) is 0 Å². The number of aromatic nitrogens is 3. The molecule has 0 atom stereocenters. The van der Waals surface area contributed by atoms with Gasteiger partial charge in [0.2, 0.25) is 5.88 Å². The monoisotopic (exact) mass is 566 g/mol. The van der Waals surface area contributed by atoms with E-state index in [-0.39, 0.29) is 38.5 Å². The fraction of sp³-hybridized carbons (Fsp3) is 0.125. The summed E-state index contributed by atoms with van der Waals surface area (Å²) in [6, 6.07) is 12.5. The van der Waals surface area contributed by atoms with Gasteiger partial charge in [-0.25, -0.2) is 13.8 Å². The third kappa shape index (κ3) is 5.75. The average Bonchev–Trinajstić information content (AvgIpc) is 2.87. The van der Waals surface area contributed by atoms with Crippen LogP contribution in [-0.4, -0.2) is 19.0 Å². The van der Waals surface area contributed by atoms with E-state index < -0.39 is 51.1 Å². The minimum absolute atomic E-state index is 0.0697. The fourth-order valence-electron chi connectivity index (χ4n) is 3.44. The second-order valence-corrected chi connectivity index (χ2v) is 8.29. The second kappa shape index (κ2) is 10.6. The van der Waals surface area contributed by atoms with Crippen molar-refractivity contribution in [2.45, 2.75) is 12.8 Å². The predicted octanol–water partition coefficient (Wildman–Crippen LogP) is 5.02. The molecule has 4 rings (SSSR count). The summed E-state index contributed by atoms with van der Waals surface area (Å²) in [5, 5.41) is 11.1. The van der Waals surface area contributed by atoms with Gasteiger partial charge in [0.15, 0.2) is 0 Å². The molecule has 4 aromatic rings. The van der Waals surface area contributed by atoms with Gasteiger partial charge in [0, 0.05) is 31.3 Å².